The summed E-state index contributed by atoms with van der Waals surface area (Å²) in [6.45, 7) is 3.30. The first-order chi connectivity index (χ1) is 17.5. The molecule has 0 unspecified atom stereocenters. The summed E-state index contributed by atoms with van der Waals surface area (Å²) in [7, 11) is 4.99. The third-order valence-electron chi connectivity index (χ3n) is 6.81. The summed E-state index contributed by atoms with van der Waals surface area (Å²) in [6, 6.07) is 21.4. The van der Waals surface area contributed by atoms with E-state index in [9.17, 15) is 4.79 Å². The summed E-state index contributed by atoms with van der Waals surface area (Å²) < 4.78 is 16.3. The number of nitrogens with one attached hydrogen (secondary N) is 1. The van der Waals surface area contributed by atoms with E-state index in [0.29, 0.717) is 17.1 Å². The smallest absolute Gasteiger partial charge is 0.251 e. The van der Waals surface area contributed by atoms with Crippen LogP contribution in [0.3, 0.4) is 0 Å². The van der Waals surface area contributed by atoms with Crippen molar-refractivity contribution in [2.75, 3.05) is 47.5 Å². The first kappa shape index (κ1) is 25.9. The highest BCUT2D eigenvalue weighted by molar-refractivity contribution is 6.30. The summed E-state index contributed by atoms with van der Waals surface area (Å²) in [5.74, 6) is 2.77. The van der Waals surface area contributed by atoms with Crippen LogP contribution in [0.5, 0.6) is 17.2 Å². The molecule has 0 aromatic heterocycles. The Labute approximate surface area is 218 Å². The van der Waals surface area contributed by atoms with Crippen LogP contribution in [0, 0.1) is 5.92 Å². The molecule has 1 amide bonds. The predicted molar refractivity (Wildman–Crippen MR) is 143 cm³/mol. The lowest BCUT2D eigenvalue weighted by molar-refractivity contribution is 0.0946. The monoisotopic (exact) mass is 508 g/mol. The van der Waals surface area contributed by atoms with Gasteiger partial charge in [-0.25, -0.2) is 0 Å². The Balaban J connectivity index is 1.45. The number of halogens is 1. The molecule has 36 heavy (non-hydrogen) atoms. The molecular weight excluding hydrogens is 476 g/mol. The molecule has 1 aliphatic heterocycles. The van der Waals surface area contributed by atoms with Gasteiger partial charge in [-0.15, -0.1) is 0 Å². The van der Waals surface area contributed by atoms with Crippen LogP contribution in [0.15, 0.2) is 66.7 Å². The summed E-state index contributed by atoms with van der Waals surface area (Å²) in [6.07, 6.45) is 0.896. The van der Waals surface area contributed by atoms with Gasteiger partial charge >= 0.3 is 0 Å². The van der Waals surface area contributed by atoms with Crippen molar-refractivity contribution in [2.45, 2.75) is 12.3 Å². The molecule has 7 heteroatoms. The highest BCUT2D eigenvalue weighted by Crippen LogP contribution is 2.34. The van der Waals surface area contributed by atoms with Gasteiger partial charge in [0.15, 0.2) is 11.5 Å². The number of amides is 1. The van der Waals surface area contributed by atoms with Crippen molar-refractivity contribution in [2.24, 2.45) is 5.92 Å². The highest BCUT2D eigenvalue weighted by Gasteiger charge is 2.34. The fourth-order valence-electron chi connectivity index (χ4n) is 4.88. The van der Waals surface area contributed by atoms with Crippen LogP contribution in [-0.2, 0) is 6.42 Å². The average molecular weight is 509 g/mol. The molecule has 0 aliphatic carbocycles. The second kappa shape index (κ2) is 12.2. The van der Waals surface area contributed by atoms with Gasteiger partial charge in [0.25, 0.3) is 5.91 Å². The second-order valence-electron chi connectivity index (χ2n) is 9.06. The number of likely N-dealkylation sites (tertiary alicyclic amines) is 1. The fraction of sp³-hybridized carbons (Fsp3) is 0.345. The molecule has 6 nitrogen and oxygen atoms in total. The van der Waals surface area contributed by atoms with Gasteiger partial charge in [-0.05, 0) is 65.9 Å². The standard InChI is InChI=1S/C29H33ClN2O4/c1-34-25-9-5-6-21(16-25)26-19-32(13-12-20-10-11-27(35-2)28(14-20)36-3)18-23(26)17-31-29(33)22-7-4-8-24(30)15-22/h4-11,14-16,23,26H,12-13,17-19H2,1-3H3,(H,31,33)/t23-,26+/m0/s1. The molecule has 1 heterocycles. The van der Waals surface area contributed by atoms with Crippen molar-refractivity contribution < 1.29 is 19.0 Å². The van der Waals surface area contributed by atoms with E-state index in [4.69, 9.17) is 25.8 Å². The molecular formula is C29H33ClN2O4. The van der Waals surface area contributed by atoms with Gasteiger partial charge in [0.05, 0.1) is 21.3 Å². The molecule has 4 rings (SSSR count). The molecule has 0 radical (unpaired) electrons. The predicted octanol–water partition coefficient (Wildman–Crippen LogP) is 5.05. The van der Waals surface area contributed by atoms with E-state index in [1.54, 1.807) is 45.6 Å². The lowest BCUT2D eigenvalue weighted by atomic mass is 9.88. The van der Waals surface area contributed by atoms with Gasteiger partial charge in [0, 0.05) is 42.7 Å². The van der Waals surface area contributed by atoms with Gasteiger partial charge in [-0.1, -0.05) is 35.9 Å². The number of rotatable bonds is 10. The van der Waals surface area contributed by atoms with Gasteiger partial charge in [0.2, 0.25) is 0 Å². The largest absolute Gasteiger partial charge is 0.497 e. The van der Waals surface area contributed by atoms with E-state index in [2.05, 4.69) is 28.4 Å². The van der Waals surface area contributed by atoms with Crippen LogP contribution in [0.25, 0.3) is 0 Å². The summed E-state index contributed by atoms with van der Waals surface area (Å²) >= 11 is 6.07. The van der Waals surface area contributed by atoms with Crippen LogP contribution in [-0.4, -0.2) is 58.3 Å². The number of nitrogens with zero attached hydrogens (tertiary/aromatic N) is 1. The Kier molecular flexibility index (Phi) is 8.73. The van der Waals surface area contributed by atoms with E-state index in [1.807, 2.05) is 24.3 Å². The first-order valence-corrected chi connectivity index (χ1v) is 12.5. The van der Waals surface area contributed by atoms with Gasteiger partial charge < -0.3 is 24.4 Å². The zero-order chi connectivity index (χ0) is 25.5. The molecule has 2 atom stereocenters. The van der Waals surface area contributed by atoms with Crippen molar-refractivity contribution in [1.82, 2.24) is 10.2 Å². The molecule has 190 valence electrons. The van der Waals surface area contributed by atoms with E-state index in [-0.39, 0.29) is 17.7 Å². The van der Waals surface area contributed by atoms with Gasteiger partial charge in [-0.2, -0.15) is 0 Å². The molecule has 3 aromatic carbocycles. The van der Waals surface area contributed by atoms with E-state index < -0.39 is 0 Å². The lowest BCUT2D eigenvalue weighted by Crippen LogP contribution is -2.32. The topological polar surface area (TPSA) is 60.0 Å². The molecule has 0 spiro atoms. The third kappa shape index (κ3) is 6.31. The maximum absolute atomic E-state index is 12.8. The normalized spacial score (nSPS) is 17.6. The average Bonchev–Trinajstić information content (AvgIpc) is 3.33. The minimum atomic E-state index is -0.106. The number of methoxy groups -OCH3 is 3. The molecule has 0 bridgehead atoms. The van der Waals surface area contributed by atoms with E-state index >= 15 is 0 Å². The highest BCUT2D eigenvalue weighted by atomic mass is 35.5. The zero-order valence-corrected chi connectivity index (χ0v) is 21.8. The Morgan fingerprint density at radius 1 is 0.944 bits per heavy atom. The summed E-state index contributed by atoms with van der Waals surface area (Å²) in [5, 5.41) is 3.69. The Morgan fingerprint density at radius 3 is 2.50 bits per heavy atom. The maximum atomic E-state index is 12.8. The number of carbonyl (C=O) groups excluding carboxylic acids is 1. The maximum Gasteiger partial charge on any atom is 0.251 e. The molecule has 1 saturated heterocycles. The quantitative estimate of drug-likeness (QED) is 0.415. The van der Waals surface area contributed by atoms with Crippen molar-refractivity contribution >= 4 is 17.5 Å². The molecule has 3 aromatic rings. The van der Waals surface area contributed by atoms with Crippen LogP contribution in [0.4, 0.5) is 0 Å². The number of hydrogen-bond acceptors (Lipinski definition) is 5. The first-order valence-electron chi connectivity index (χ1n) is 12.1. The Hall–Kier alpha value is -3.22. The van der Waals surface area contributed by atoms with Crippen LogP contribution in [0.2, 0.25) is 5.02 Å². The lowest BCUT2D eigenvalue weighted by Gasteiger charge is -2.20. The molecule has 1 N–H and O–H groups in total. The molecule has 1 aliphatic rings. The van der Waals surface area contributed by atoms with Crippen molar-refractivity contribution in [3.8, 4) is 17.2 Å². The summed E-state index contributed by atoms with van der Waals surface area (Å²) in [4.78, 5) is 15.2. The molecule has 0 saturated carbocycles. The second-order valence-corrected chi connectivity index (χ2v) is 9.50. The van der Waals surface area contributed by atoms with Crippen LogP contribution < -0.4 is 19.5 Å². The van der Waals surface area contributed by atoms with Crippen molar-refractivity contribution in [3.63, 3.8) is 0 Å². The zero-order valence-electron chi connectivity index (χ0n) is 21.0. The number of ether oxygens (including phenoxy) is 3. The fourth-order valence-corrected chi connectivity index (χ4v) is 5.07. The van der Waals surface area contributed by atoms with Gasteiger partial charge in [0.1, 0.15) is 5.75 Å². The third-order valence-corrected chi connectivity index (χ3v) is 7.05. The van der Waals surface area contributed by atoms with Gasteiger partial charge in [-0.3, -0.25) is 4.79 Å². The Bertz CT molecular complexity index is 1190. The minimum absolute atomic E-state index is 0.106. The van der Waals surface area contributed by atoms with E-state index in [0.717, 1.165) is 43.3 Å². The summed E-state index contributed by atoms with van der Waals surface area (Å²) in [5.41, 5.74) is 3.00. The number of hydrogen-bond donors (Lipinski definition) is 1. The van der Waals surface area contributed by atoms with Crippen LogP contribution >= 0.6 is 11.6 Å². The van der Waals surface area contributed by atoms with Crippen molar-refractivity contribution in [1.29, 1.82) is 0 Å². The van der Waals surface area contributed by atoms with Crippen LogP contribution in [0.1, 0.15) is 27.4 Å². The Morgan fingerprint density at radius 2 is 1.75 bits per heavy atom. The van der Waals surface area contributed by atoms with E-state index in [1.165, 1.54) is 11.1 Å². The number of carbonyl (C=O) groups is 1. The number of benzene rings is 3. The van der Waals surface area contributed by atoms with Crippen molar-refractivity contribution in [3.05, 3.63) is 88.4 Å². The molecule has 1 fully saturated rings. The minimum Gasteiger partial charge on any atom is -0.497 e. The SMILES string of the molecule is COc1cccc([C@H]2CN(CCc3ccc(OC)c(OC)c3)C[C@@H]2CNC(=O)c2cccc(Cl)c2)c1.